The summed E-state index contributed by atoms with van der Waals surface area (Å²) < 4.78 is 11.4. The number of benzene rings is 2. The third-order valence-corrected chi connectivity index (χ3v) is 6.14. The van der Waals surface area contributed by atoms with Crippen LogP contribution in [-0.2, 0) is 4.74 Å². The molecule has 0 aliphatic carbocycles. The van der Waals surface area contributed by atoms with Crippen LogP contribution in [-0.4, -0.2) is 69.3 Å². The molecule has 0 saturated carbocycles. The Morgan fingerprint density at radius 2 is 1.94 bits per heavy atom. The second-order valence-electron chi connectivity index (χ2n) is 9.01. The van der Waals surface area contributed by atoms with E-state index in [0.29, 0.717) is 31.1 Å². The topological polar surface area (TPSA) is 66.9 Å². The third-order valence-electron chi connectivity index (χ3n) is 6.14. The number of nitrogens with zero attached hydrogens (tertiary/aromatic N) is 3. The van der Waals surface area contributed by atoms with Crippen molar-refractivity contribution in [3.63, 3.8) is 0 Å². The Balaban J connectivity index is 1.57. The average molecular weight is 463 g/mol. The minimum absolute atomic E-state index is 0.114. The van der Waals surface area contributed by atoms with Crippen molar-refractivity contribution in [3.05, 3.63) is 65.2 Å². The number of nitrogens with one attached hydrogen (secondary N) is 1. The number of para-hydroxylation sites is 1. The zero-order valence-corrected chi connectivity index (χ0v) is 20.5. The van der Waals surface area contributed by atoms with Crippen LogP contribution in [0.3, 0.4) is 0 Å². The molecule has 0 unspecified atom stereocenters. The molecule has 1 atom stereocenters. The van der Waals surface area contributed by atoms with Crippen LogP contribution in [0.2, 0.25) is 0 Å². The zero-order chi connectivity index (χ0) is 24.1. The molecule has 2 aromatic carbocycles. The molecule has 2 heterocycles. The molecular formula is C27H34N4O3. The van der Waals surface area contributed by atoms with Gasteiger partial charge in [-0.25, -0.2) is 4.98 Å². The Morgan fingerprint density at radius 1 is 1.18 bits per heavy atom. The Bertz CT molecular complexity index is 1140. The van der Waals surface area contributed by atoms with Crippen LogP contribution < -0.4 is 15.0 Å². The van der Waals surface area contributed by atoms with E-state index in [1.54, 1.807) is 0 Å². The molecule has 180 valence electrons. The van der Waals surface area contributed by atoms with E-state index >= 15 is 0 Å². The Morgan fingerprint density at radius 3 is 2.71 bits per heavy atom. The van der Waals surface area contributed by atoms with Gasteiger partial charge in [0.1, 0.15) is 18.2 Å². The molecule has 1 N–H and O–H groups in total. The second kappa shape index (κ2) is 10.8. The first kappa shape index (κ1) is 24.0. The highest BCUT2D eigenvalue weighted by Crippen LogP contribution is 2.28. The maximum absolute atomic E-state index is 13.3. The molecule has 0 radical (unpaired) electrons. The van der Waals surface area contributed by atoms with Gasteiger partial charge in [0.05, 0.1) is 24.8 Å². The number of rotatable bonds is 8. The number of morpholine rings is 1. The van der Waals surface area contributed by atoms with Crippen molar-refractivity contribution in [2.45, 2.75) is 19.9 Å². The highest BCUT2D eigenvalue weighted by atomic mass is 16.5. The van der Waals surface area contributed by atoms with Crippen molar-refractivity contribution in [3.8, 4) is 5.75 Å². The highest BCUT2D eigenvalue weighted by Gasteiger charge is 2.20. The van der Waals surface area contributed by atoms with Crippen LogP contribution in [0.25, 0.3) is 10.9 Å². The number of carbonyl (C=O) groups excluding carboxylic acids is 1. The fourth-order valence-electron chi connectivity index (χ4n) is 4.13. The Hall–Kier alpha value is -3.16. The van der Waals surface area contributed by atoms with Crippen LogP contribution in [0, 0.1) is 6.92 Å². The lowest BCUT2D eigenvalue weighted by Gasteiger charge is -2.29. The molecule has 7 nitrogen and oxygen atoms in total. The molecule has 0 bridgehead atoms. The zero-order valence-electron chi connectivity index (χ0n) is 20.5. The van der Waals surface area contributed by atoms with Gasteiger partial charge in [0, 0.05) is 30.6 Å². The van der Waals surface area contributed by atoms with E-state index in [-0.39, 0.29) is 11.9 Å². The van der Waals surface area contributed by atoms with Gasteiger partial charge in [-0.2, -0.15) is 0 Å². The van der Waals surface area contributed by atoms with Crippen LogP contribution in [0.15, 0.2) is 48.5 Å². The highest BCUT2D eigenvalue weighted by molar-refractivity contribution is 5.96. The minimum Gasteiger partial charge on any atom is -0.492 e. The first-order valence-corrected chi connectivity index (χ1v) is 11.8. The summed E-state index contributed by atoms with van der Waals surface area (Å²) in [5, 5.41) is 4.25. The van der Waals surface area contributed by atoms with Crippen LogP contribution in [0.5, 0.6) is 5.75 Å². The SMILES string of the molecule is Cc1ccc(OCCN(C)C)cc1C(=O)N[C@H](C)c1cc(N2CCOCC2)nc2ccccc12. The van der Waals surface area contributed by atoms with Gasteiger partial charge in [-0.15, -0.1) is 0 Å². The number of amides is 1. The van der Waals surface area contributed by atoms with Gasteiger partial charge in [0.25, 0.3) is 5.91 Å². The summed E-state index contributed by atoms with van der Waals surface area (Å²) >= 11 is 0. The predicted molar refractivity (Wildman–Crippen MR) is 136 cm³/mol. The monoisotopic (exact) mass is 462 g/mol. The summed E-state index contributed by atoms with van der Waals surface area (Å²) in [5.74, 6) is 1.51. The summed E-state index contributed by atoms with van der Waals surface area (Å²) in [6.07, 6.45) is 0. The number of likely N-dealkylation sites (N-methyl/N-ethyl adjacent to an activating group) is 1. The normalized spacial score (nSPS) is 14.9. The standard InChI is InChI=1S/C27H34N4O3/c1-19-9-10-21(34-16-11-30(3)4)17-23(19)27(32)28-20(2)24-18-26(31-12-14-33-15-13-31)29-25-8-6-5-7-22(24)25/h5-10,17-18,20H,11-16H2,1-4H3,(H,28,32)/t20-/m1/s1. The van der Waals surface area contributed by atoms with Crippen LogP contribution in [0.1, 0.15) is 34.5 Å². The lowest BCUT2D eigenvalue weighted by molar-refractivity contribution is 0.0939. The number of hydrogen-bond donors (Lipinski definition) is 1. The van der Waals surface area contributed by atoms with E-state index < -0.39 is 0 Å². The number of carbonyl (C=O) groups is 1. The van der Waals surface area contributed by atoms with Gasteiger partial charge < -0.3 is 24.6 Å². The Labute approximate surface area is 201 Å². The molecular weight excluding hydrogens is 428 g/mol. The predicted octanol–water partition coefficient (Wildman–Crippen LogP) is 3.81. The van der Waals surface area contributed by atoms with E-state index in [1.165, 1.54) is 0 Å². The largest absolute Gasteiger partial charge is 0.492 e. The van der Waals surface area contributed by atoms with Gasteiger partial charge >= 0.3 is 0 Å². The second-order valence-corrected chi connectivity index (χ2v) is 9.01. The van der Waals surface area contributed by atoms with Crippen LogP contribution >= 0.6 is 0 Å². The van der Waals surface area contributed by atoms with Gasteiger partial charge in [0.2, 0.25) is 0 Å². The van der Waals surface area contributed by atoms with Gasteiger partial charge in [-0.3, -0.25) is 4.79 Å². The van der Waals surface area contributed by atoms with E-state index in [9.17, 15) is 4.79 Å². The summed E-state index contributed by atoms with van der Waals surface area (Å²) in [6, 6.07) is 15.7. The fraction of sp³-hybridized carbons (Fsp3) is 0.407. The fourth-order valence-corrected chi connectivity index (χ4v) is 4.13. The number of fused-ring (bicyclic) bond motifs is 1. The number of pyridine rings is 1. The van der Waals surface area contributed by atoms with Crippen molar-refractivity contribution in [1.29, 1.82) is 0 Å². The van der Waals surface area contributed by atoms with Gasteiger partial charge in [-0.05, 0) is 63.3 Å². The number of ether oxygens (including phenoxy) is 2. The van der Waals surface area contributed by atoms with Crippen molar-refractivity contribution in [2.24, 2.45) is 0 Å². The molecule has 1 fully saturated rings. The molecule has 1 amide bonds. The van der Waals surface area contributed by atoms with E-state index in [4.69, 9.17) is 14.5 Å². The smallest absolute Gasteiger partial charge is 0.252 e. The Kier molecular flexibility index (Phi) is 7.65. The number of anilines is 1. The van der Waals surface area contributed by atoms with Crippen molar-refractivity contribution in [1.82, 2.24) is 15.2 Å². The lowest BCUT2D eigenvalue weighted by Crippen LogP contribution is -2.37. The summed E-state index contributed by atoms with van der Waals surface area (Å²) in [4.78, 5) is 22.5. The van der Waals surface area contributed by atoms with E-state index in [0.717, 1.165) is 47.5 Å². The maximum atomic E-state index is 13.3. The number of aromatic nitrogens is 1. The first-order valence-electron chi connectivity index (χ1n) is 11.8. The molecule has 1 saturated heterocycles. The number of aryl methyl sites for hydroxylation is 1. The van der Waals surface area contributed by atoms with Crippen LogP contribution in [0.4, 0.5) is 5.82 Å². The molecule has 7 heteroatoms. The molecule has 0 spiro atoms. The molecule has 34 heavy (non-hydrogen) atoms. The summed E-state index contributed by atoms with van der Waals surface area (Å²) in [6.45, 7) is 8.37. The quantitative estimate of drug-likeness (QED) is 0.549. The molecule has 1 aliphatic heterocycles. The molecule has 1 aliphatic rings. The number of hydrogen-bond acceptors (Lipinski definition) is 6. The third kappa shape index (κ3) is 5.66. The van der Waals surface area contributed by atoms with Gasteiger partial charge in [0.15, 0.2) is 0 Å². The van der Waals surface area contributed by atoms with Crippen molar-refractivity contribution < 1.29 is 14.3 Å². The molecule has 3 aromatic rings. The minimum atomic E-state index is -0.196. The summed E-state index contributed by atoms with van der Waals surface area (Å²) in [5.41, 5.74) is 3.52. The summed E-state index contributed by atoms with van der Waals surface area (Å²) in [7, 11) is 4.01. The average Bonchev–Trinajstić information content (AvgIpc) is 2.84. The molecule has 1 aromatic heterocycles. The first-order chi connectivity index (χ1) is 16.4. The molecule has 4 rings (SSSR count). The lowest BCUT2D eigenvalue weighted by atomic mass is 10.0. The van der Waals surface area contributed by atoms with E-state index in [2.05, 4.69) is 27.2 Å². The maximum Gasteiger partial charge on any atom is 0.252 e. The van der Waals surface area contributed by atoms with E-state index in [1.807, 2.05) is 64.3 Å². The van der Waals surface area contributed by atoms with Crippen molar-refractivity contribution in [2.75, 3.05) is 58.5 Å². The van der Waals surface area contributed by atoms with Gasteiger partial charge in [-0.1, -0.05) is 24.3 Å². The van der Waals surface area contributed by atoms with Crippen molar-refractivity contribution >= 4 is 22.6 Å².